The minimum Gasteiger partial charge on any atom is -0.394 e. The van der Waals surface area contributed by atoms with Crippen LogP contribution < -0.4 is 5.73 Å². The third-order valence-corrected chi connectivity index (χ3v) is 2.49. The maximum Gasteiger partial charge on any atom is 0.0657 e. The lowest BCUT2D eigenvalue weighted by Gasteiger charge is -2.15. The molecule has 0 fully saturated rings. The molecule has 0 unspecified atom stereocenters. The van der Waals surface area contributed by atoms with Crippen LogP contribution in [-0.4, -0.2) is 27.5 Å². The third-order valence-electron chi connectivity index (χ3n) is 2.49. The molecule has 1 aromatic rings. The number of aliphatic hydroxyl groups is 1. The molecule has 0 saturated heterocycles. The van der Waals surface area contributed by atoms with Crippen molar-refractivity contribution in [1.82, 2.24) is 9.78 Å². The minimum atomic E-state index is 0.145. The summed E-state index contributed by atoms with van der Waals surface area (Å²) in [5.74, 6) is 0. The summed E-state index contributed by atoms with van der Waals surface area (Å²) in [6, 6.07) is 0.291. The van der Waals surface area contributed by atoms with Crippen LogP contribution in [-0.2, 0) is 19.4 Å². The standard InChI is InChI=1S/C9H15N3O/c10-8-1-2-9-7(5-8)6-12(11-9)3-4-13/h6,8,13H,1-5,10H2/t8-/m1/s1. The number of aromatic nitrogens is 2. The highest BCUT2D eigenvalue weighted by molar-refractivity contribution is 5.21. The molecule has 1 heterocycles. The average Bonchev–Trinajstić information content (AvgIpc) is 2.46. The topological polar surface area (TPSA) is 64.1 Å². The number of hydrogen-bond donors (Lipinski definition) is 2. The van der Waals surface area contributed by atoms with Gasteiger partial charge in [0, 0.05) is 12.2 Å². The first-order valence-corrected chi connectivity index (χ1v) is 4.71. The van der Waals surface area contributed by atoms with Crippen molar-refractivity contribution in [3.05, 3.63) is 17.5 Å². The molecule has 0 bridgehead atoms. The van der Waals surface area contributed by atoms with Crippen molar-refractivity contribution in [2.45, 2.75) is 31.8 Å². The number of hydrogen-bond acceptors (Lipinski definition) is 3. The predicted molar refractivity (Wildman–Crippen MR) is 49.3 cm³/mol. The summed E-state index contributed by atoms with van der Waals surface area (Å²) in [5.41, 5.74) is 8.27. The molecule has 1 atom stereocenters. The van der Waals surface area contributed by atoms with Gasteiger partial charge in [-0.25, -0.2) is 0 Å². The second kappa shape index (κ2) is 3.47. The number of aryl methyl sites for hydroxylation is 1. The smallest absolute Gasteiger partial charge is 0.0657 e. The Labute approximate surface area is 77.4 Å². The van der Waals surface area contributed by atoms with Gasteiger partial charge in [0.1, 0.15) is 0 Å². The minimum absolute atomic E-state index is 0.145. The molecule has 2 rings (SSSR count). The molecule has 0 spiro atoms. The summed E-state index contributed by atoms with van der Waals surface area (Å²) in [6.07, 6.45) is 4.95. The van der Waals surface area contributed by atoms with Crippen molar-refractivity contribution < 1.29 is 5.11 Å². The van der Waals surface area contributed by atoms with Gasteiger partial charge in [-0.2, -0.15) is 5.10 Å². The maximum absolute atomic E-state index is 8.75. The largest absolute Gasteiger partial charge is 0.394 e. The summed E-state index contributed by atoms with van der Waals surface area (Å²) < 4.78 is 1.81. The van der Waals surface area contributed by atoms with Gasteiger partial charge < -0.3 is 10.8 Å². The van der Waals surface area contributed by atoms with E-state index in [1.54, 1.807) is 0 Å². The van der Waals surface area contributed by atoms with Gasteiger partial charge in [-0.1, -0.05) is 0 Å². The van der Waals surface area contributed by atoms with Gasteiger partial charge in [0.2, 0.25) is 0 Å². The van der Waals surface area contributed by atoms with Crippen LogP contribution in [0.2, 0.25) is 0 Å². The molecule has 1 aliphatic rings. The van der Waals surface area contributed by atoms with Crippen molar-refractivity contribution >= 4 is 0 Å². The van der Waals surface area contributed by atoms with E-state index in [4.69, 9.17) is 10.8 Å². The molecule has 1 aliphatic carbocycles. The number of fused-ring (bicyclic) bond motifs is 1. The van der Waals surface area contributed by atoms with Gasteiger partial charge >= 0.3 is 0 Å². The molecule has 4 heteroatoms. The van der Waals surface area contributed by atoms with E-state index in [9.17, 15) is 0 Å². The third kappa shape index (κ3) is 1.73. The van der Waals surface area contributed by atoms with Crippen LogP contribution in [0.1, 0.15) is 17.7 Å². The zero-order valence-electron chi connectivity index (χ0n) is 7.61. The highest BCUT2D eigenvalue weighted by atomic mass is 16.3. The molecule has 3 N–H and O–H groups in total. The lowest BCUT2D eigenvalue weighted by Crippen LogP contribution is -2.27. The van der Waals surface area contributed by atoms with Crippen molar-refractivity contribution in [2.75, 3.05) is 6.61 Å². The van der Waals surface area contributed by atoms with Crippen LogP contribution >= 0.6 is 0 Å². The zero-order chi connectivity index (χ0) is 9.26. The summed E-state index contributed by atoms with van der Waals surface area (Å²) in [7, 11) is 0. The van der Waals surface area contributed by atoms with Gasteiger partial charge in [-0.3, -0.25) is 4.68 Å². The number of nitrogens with zero attached hydrogens (tertiary/aromatic N) is 2. The van der Waals surface area contributed by atoms with Crippen molar-refractivity contribution in [3.63, 3.8) is 0 Å². The first-order valence-electron chi connectivity index (χ1n) is 4.71. The molecule has 1 aromatic heterocycles. The normalized spacial score (nSPS) is 21.5. The molecule has 0 aliphatic heterocycles. The van der Waals surface area contributed by atoms with E-state index < -0.39 is 0 Å². The molecule has 4 nitrogen and oxygen atoms in total. The highest BCUT2D eigenvalue weighted by Crippen LogP contribution is 2.18. The lowest BCUT2D eigenvalue weighted by molar-refractivity contribution is 0.269. The van der Waals surface area contributed by atoms with E-state index in [0.29, 0.717) is 12.6 Å². The van der Waals surface area contributed by atoms with Gasteiger partial charge in [0.25, 0.3) is 0 Å². The highest BCUT2D eigenvalue weighted by Gasteiger charge is 2.18. The Bertz CT molecular complexity index is 295. The Kier molecular flexibility index (Phi) is 2.33. The first-order chi connectivity index (χ1) is 6.29. The van der Waals surface area contributed by atoms with Crippen LogP contribution in [0.3, 0.4) is 0 Å². The van der Waals surface area contributed by atoms with E-state index in [1.807, 2.05) is 10.9 Å². The quantitative estimate of drug-likeness (QED) is 0.658. The molecular weight excluding hydrogens is 166 g/mol. The zero-order valence-corrected chi connectivity index (χ0v) is 7.61. The Morgan fingerprint density at radius 3 is 3.31 bits per heavy atom. The van der Waals surface area contributed by atoms with Gasteiger partial charge in [-0.15, -0.1) is 0 Å². The van der Waals surface area contributed by atoms with E-state index in [0.717, 1.165) is 25.0 Å². The van der Waals surface area contributed by atoms with Gasteiger partial charge in [0.05, 0.1) is 18.8 Å². The summed E-state index contributed by atoms with van der Waals surface area (Å²) in [5, 5.41) is 13.1. The maximum atomic E-state index is 8.75. The number of nitrogens with two attached hydrogens (primary N) is 1. The number of aliphatic hydroxyl groups excluding tert-OH is 1. The molecule has 0 saturated carbocycles. The molecule has 13 heavy (non-hydrogen) atoms. The predicted octanol–water partition coefficient (Wildman–Crippen LogP) is -0.309. The lowest BCUT2D eigenvalue weighted by atomic mass is 9.94. The Balaban J connectivity index is 2.18. The van der Waals surface area contributed by atoms with E-state index in [-0.39, 0.29) is 6.61 Å². The Morgan fingerprint density at radius 2 is 2.54 bits per heavy atom. The Hall–Kier alpha value is -0.870. The summed E-state index contributed by atoms with van der Waals surface area (Å²) in [4.78, 5) is 0. The van der Waals surface area contributed by atoms with Crippen LogP contribution in [0.15, 0.2) is 6.20 Å². The van der Waals surface area contributed by atoms with E-state index in [1.165, 1.54) is 5.56 Å². The summed E-state index contributed by atoms with van der Waals surface area (Å²) in [6.45, 7) is 0.731. The molecule has 72 valence electrons. The Morgan fingerprint density at radius 1 is 1.69 bits per heavy atom. The van der Waals surface area contributed by atoms with Crippen LogP contribution in [0, 0.1) is 0 Å². The average molecular weight is 181 g/mol. The first kappa shape index (κ1) is 8.72. The fourth-order valence-electron chi connectivity index (χ4n) is 1.81. The SMILES string of the molecule is N[C@@H]1CCc2nn(CCO)cc2C1. The fourth-order valence-corrected chi connectivity index (χ4v) is 1.81. The van der Waals surface area contributed by atoms with Crippen LogP contribution in [0.5, 0.6) is 0 Å². The van der Waals surface area contributed by atoms with E-state index in [2.05, 4.69) is 5.10 Å². The second-order valence-electron chi connectivity index (χ2n) is 3.59. The molecular formula is C9H15N3O. The van der Waals surface area contributed by atoms with Crippen molar-refractivity contribution in [3.8, 4) is 0 Å². The second-order valence-corrected chi connectivity index (χ2v) is 3.59. The molecule has 0 amide bonds. The number of rotatable bonds is 2. The van der Waals surface area contributed by atoms with Gasteiger partial charge in [-0.05, 0) is 24.8 Å². The van der Waals surface area contributed by atoms with Gasteiger partial charge in [0.15, 0.2) is 0 Å². The summed E-state index contributed by atoms with van der Waals surface area (Å²) >= 11 is 0. The van der Waals surface area contributed by atoms with Crippen molar-refractivity contribution in [2.24, 2.45) is 5.73 Å². The van der Waals surface area contributed by atoms with Crippen LogP contribution in [0.25, 0.3) is 0 Å². The van der Waals surface area contributed by atoms with Crippen LogP contribution in [0.4, 0.5) is 0 Å². The van der Waals surface area contributed by atoms with E-state index >= 15 is 0 Å². The monoisotopic (exact) mass is 181 g/mol. The molecule has 0 aromatic carbocycles. The molecule has 0 radical (unpaired) electrons. The van der Waals surface area contributed by atoms with Crippen molar-refractivity contribution in [1.29, 1.82) is 0 Å². The fraction of sp³-hybridized carbons (Fsp3) is 0.667.